The highest BCUT2D eigenvalue weighted by atomic mass is 16.5. The van der Waals surface area contributed by atoms with E-state index in [1.54, 1.807) is 19.2 Å². The minimum Gasteiger partial charge on any atom is -0.496 e. The van der Waals surface area contributed by atoms with Gasteiger partial charge in [0.1, 0.15) is 5.75 Å². The Morgan fingerprint density at radius 2 is 2.24 bits per heavy atom. The van der Waals surface area contributed by atoms with Crippen molar-refractivity contribution >= 4 is 11.7 Å². The number of Topliss-reactive ketones (excluding diaryl/α,β-unsaturated/α-hetero) is 1. The molecule has 1 aliphatic rings. The van der Waals surface area contributed by atoms with E-state index in [0.717, 1.165) is 17.7 Å². The standard InChI is InChI=1S/C13H15NO3/c1-8(15)14-11-7-6-9-10(13(11)16)4-3-5-12(9)17-2/h3-5,11H,6-7H2,1-2H3,(H,14,15)/t11-/m1/s1. The number of fused-ring (bicyclic) bond motifs is 1. The Hall–Kier alpha value is -1.84. The van der Waals surface area contributed by atoms with Gasteiger partial charge in [-0.3, -0.25) is 9.59 Å². The fraction of sp³-hybridized carbons (Fsp3) is 0.385. The number of amides is 1. The SMILES string of the molecule is COc1cccc2c1CC[C@@H](NC(C)=O)C2=O. The maximum absolute atomic E-state index is 12.2. The number of carbonyl (C=O) groups is 2. The summed E-state index contributed by atoms with van der Waals surface area (Å²) >= 11 is 0. The lowest BCUT2D eigenvalue weighted by Crippen LogP contribution is -2.42. The largest absolute Gasteiger partial charge is 0.496 e. The van der Waals surface area contributed by atoms with Gasteiger partial charge in [-0.25, -0.2) is 0 Å². The van der Waals surface area contributed by atoms with Gasteiger partial charge in [-0.15, -0.1) is 0 Å². The molecule has 1 amide bonds. The molecule has 1 aromatic carbocycles. The molecule has 0 heterocycles. The maximum atomic E-state index is 12.2. The van der Waals surface area contributed by atoms with E-state index in [1.165, 1.54) is 6.92 Å². The summed E-state index contributed by atoms with van der Waals surface area (Å²) in [6.07, 6.45) is 1.38. The monoisotopic (exact) mass is 233 g/mol. The van der Waals surface area contributed by atoms with Crippen molar-refractivity contribution in [3.63, 3.8) is 0 Å². The quantitative estimate of drug-likeness (QED) is 0.838. The summed E-state index contributed by atoms with van der Waals surface area (Å²) in [6.45, 7) is 1.42. The number of hydrogen-bond donors (Lipinski definition) is 1. The van der Waals surface area contributed by atoms with Crippen molar-refractivity contribution in [3.8, 4) is 5.75 Å². The summed E-state index contributed by atoms with van der Waals surface area (Å²) in [6, 6.07) is 5.04. The van der Waals surface area contributed by atoms with Crippen LogP contribution in [-0.2, 0) is 11.2 Å². The van der Waals surface area contributed by atoms with Gasteiger partial charge < -0.3 is 10.1 Å². The molecule has 0 aromatic heterocycles. The third kappa shape index (κ3) is 2.16. The van der Waals surface area contributed by atoms with E-state index in [0.29, 0.717) is 12.0 Å². The topological polar surface area (TPSA) is 55.4 Å². The molecule has 2 rings (SSSR count). The summed E-state index contributed by atoms with van der Waals surface area (Å²) in [5, 5.41) is 2.68. The van der Waals surface area contributed by atoms with Crippen LogP contribution >= 0.6 is 0 Å². The fourth-order valence-electron chi connectivity index (χ4n) is 2.24. The number of hydrogen-bond acceptors (Lipinski definition) is 3. The van der Waals surface area contributed by atoms with Crippen LogP contribution in [0.3, 0.4) is 0 Å². The molecule has 1 aromatic rings. The molecule has 90 valence electrons. The van der Waals surface area contributed by atoms with Gasteiger partial charge in [0.15, 0.2) is 5.78 Å². The van der Waals surface area contributed by atoms with E-state index < -0.39 is 6.04 Å². The van der Waals surface area contributed by atoms with Crippen molar-refractivity contribution < 1.29 is 14.3 Å². The number of nitrogens with one attached hydrogen (secondary N) is 1. The van der Waals surface area contributed by atoms with Gasteiger partial charge in [0, 0.05) is 18.1 Å². The van der Waals surface area contributed by atoms with Crippen LogP contribution in [-0.4, -0.2) is 24.8 Å². The predicted octanol–water partition coefficient (Wildman–Crippen LogP) is 1.33. The Morgan fingerprint density at radius 1 is 1.47 bits per heavy atom. The Kier molecular flexibility index (Phi) is 3.13. The van der Waals surface area contributed by atoms with Gasteiger partial charge in [-0.05, 0) is 18.9 Å². The van der Waals surface area contributed by atoms with Crippen molar-refractivity contribution in [2.45, 2.75) is 25.8 Å². The van der Waals surface area contributed by atoms with Crippen LogP contribution in [0.2, 0.25) is 0 Å². The Bertz CT molecular complexity index is 468. The molecule has 0 saturated heterocycles. The number of ether oxygens (including phenoxy) is 1. The van der Waals surface area contributed by atoms with Crippen molar-refractivity contribution in [1.29, 1.82) is 0 Å². The molecule has 1 aliphatic carbocycles. The van der Waals surface area contributed by atoms with Gasteiger partial charge in [-0.2, -0.15) is 0 Å². The first-order chi connectivity index (χ1) is 8.13. The second kappa shape index (κ2) is 4.57. The molecule has 0 aliphatic heterocycles. The average molecular weight is 233 g/mol. The third-order valence-electron chi connectivity index (χ3n) is 3.00. The summed E-state index contributed by atoms with van der Waals surface area (Å²) in [5.74, 6) is 0.548. The average Bonchev–Trinajstić information content (AvgIpc) is 2.31. The highest BCUT2D eigenvalue weighted by Crippen LogP contribution is 2.29. The van der Waals surface area contributed by atoms with E-state index in [1.807, 2.05) is 6.07 Å². The molecule has 0 unspecified atom stereocenters. The molecule has 17 heavy (non-hydrogen) atoms. The van der Waals surface area contributed by atoms with E-state index in [2.05, 4.69) is 5.32 Å². The van der Waals surface area contributed by atoms with Crippen LogP contribution in [0.25, 0.3) is 0 Å². The summed E-state index contributed by atoms with van der Waals surface area (Å²) in [7, 11) is 1.60. The zero-order valence-electron chi connectivity index (χ0n) is 9.95. The highest BCUT2D eigenvalue weighted by Gasteiger charge is 2.29. The molecule has 0 radical (unpaired) electrons. The van der Waals surface area contributed by atoms with E-state index in [9.17, 15) is 9.59 Å². The van der Waals surface area contributed by atoms with E-state index in [-0.39, 0.29) is 11.7 Å². The highest BCUT2D eigenvalue weighted by molar-refractivity contribution is 6.04. The van der Waals surface area contributed by atoms with Crippen LogP contribution in [0.4, 0.5) is 0 Å². The van der Waals surface area contributed by atoms with Crippen LogP contribution < -0.4 is 10.1 Å². The van der Waals surface area contributed by atoms with Crippen LogP contribution in [0, 0.1) is 0 Å². The minimum atomic E-state index is -0.396. The van der Waals surface area contributed by atoms with Gasteiger partial charge in [0.05, 0.1) is 13.2 Å². The second-order valence-corrected chi connectivity index (χ2v) is 4.14. The number of benzene rings is 1. The maximum Gasteiger partial charge on any atom is 0.217 e. The van der Waals surface area contributed by atoms with Crippen molar-refractivity contribution in [3.05, 3.63) is 29.3 Å². The molecular weight excluding hydrogens is 218 g/mol. The van der Waals surface area contributed by atoms with Gasteiger partial charge in [-0.1, -0.05) is 12.1 Å². The lowest BCUT2D eigenvalue weighted by Gasteiger charge is -2.24. The normalized spacial score (nSPS) is 18.5. The number of rotatable bonds is 2. The molecule has 0 saturated carbocycles. The molecule has 1 atom stereocenters. The summed E-state index contributed by atoms with van der Waals surface area (Å²) < 4.78 is 5.24. The molecular formula is C13H15NO3. The van der Waals surface area contributed by atoms with Crippen LogP contribution in [0.5, 0.6) is 5.75 Å². The molecule has 0 fully saturated rings. The van der Waals surface area contributed by atoms with Gasteiger partial charge >= 0.3 is 0 Å². The molecule has 4 heteroatoms. The second-order valence-electron chi connectivity index (χ2n) is 4.14. The van der Waals surface area contributed by atoms with Gasteiger partial charge in [0.2, 0.25) is 5.91 Å². The minimum absolute atomic E-state index is 0.0275. The smallest absolute Gasteiger partial charge is 0.217 e. The third-order valence-corrected chi connectivity index (χ3v) is 3.00. The Morgan fingerprint density at radius 3 is 2.88 bits per heavy atom. The molecule has 1 N–H and O–H groups in total. The van der Waals surface area contributed by atoms with Gasteiger partial charge in [0.25, 0.3) is 0 Å². The Balaban J connectivity index is 2.33. The van der Waals surface area contributed by atoms with Crippen molar-refractivity contribution in [1.82, 2.24) is 5.32 Å². The zero-order valence-corrected chi connectivity index (χ0v) is 9.95. The molecule has 4 nitrogen and oxygen atoms in total. The Labute approximate surface area is 100.0 Å². The van der Waals surface area contributed by atoms with E-state index >= 15 is 0 Å². The number of methoxy groups -OCH3 is 1. The summed E-state index contributed by atoms with van der Waals surface area (Å²) in [5.41, 5.74) is 1.61. The summed E-state index contributed by atoms with van der Waals surface area (Å²) in [4.78, 5) is 23.2. The lowest BCUT2D eigenvalue weighted by atomic mass is 9.86. The first-order valence-corrected chi connectivity index (χ1v) is 5.60. The zero-order chi connectivity index (χ0) is 12.4. The van der Waals surface area contributed by atoms with Crippen molar-refractivity contribution in [2.24, 2.45) is 0 Å². The molecule has 0 spiro atoms. The lowest BCUT2D eigenvalue weighted by molar-refractivity contribution is -0.119. The van der Waals surface area contributed by atoms with E-state index in [4.69, 9.17) is 4.74 Å². The van der Waals surface area contributed by atoms with Crippen LogP contribution in [0.15, 0.2) is 18.2 Å². The van der Waals surface area contributed by atoms with Crippen LogP contribution in [0.1, 0.15) is 29.3 Å². The predicted molar refractivity (Wildman–Crippen MR) is 63.3 cm³/mol. The first kappa shape index (κ1) is 11.6. The van der Waals surface area contributed by atoms with Crippen molar-refractivity contribution in [2.75, 3.05) is 7.11 Å². The molecule has 0 bridgehead atoms. The fourth-order valence-corrected chi connectivity index (χ4v) is 2.24. The number of carbonyl (C=O) groups excluding carboxylic acids is 2. The number of ketones is 1. The first-order valence-electron chi connectivity index (χ1n) is 5.60.